The van der Waals surface area contributed by atoms with Crippen LogP contribution in [0.15, 0.2) is 51.7 Å². The van der Waals surface area contributed by atoms with Crippen LogP contribution in [0.5, 0.6) is 5.75 Å². The number of nitrogens with zero attached hydrogens (tertiary/aromatic N) is 1. The van der Waals surface area contributed by atoms with Crippen LogP contribution in [0.25, 0.3) is 22.1 Å². The van der Waals surface area contributed by atoms with Crippen LogP contribution in [0, 0.1) is 11.7 Å². The number of hydrogen-bond acceptors (Lipinski definition) is 6. The van der Waals surface area contributed by atoms with Gasteiger partial charge < -0.3 is 18.8 Å². The van der Waals surface area contributed by atoms with Crippen molar-refractivity contribution in [2.45, 2.75) is 71.3 Å². The van der Waals surface area contributed by atoms with Gasteiger partial charge in [-0.25, -0.2) is 9.18 Å². The number of likely N-dealkylation sites (tertiary alicyclic amines) is 1. The summed E-state index contributed by atoms with van der Waals surface area (Å²) in [5.41, 5.74) is 0.667. The van der Waals surface area contributed by atoms with E-state index >= 15 is 0 Å². The van der Waals surface area contributed by atoms with Gasteiger partial charge in [0, 0.05) is 41.7 Å². The van der Waals surface area contributed by atoms with Gasteiger partial charge in [0.1, 0.15) is 17.1 Å². The number of amides is 1. The Labute approximate surface area is 244 Å². The second-order valence-corrected chi connectivity index (χ2v) is 11.1. The summed E-state index contributed by atoms with van der Waals surface area (Å²) in [7, 11) is 0. The number of hydrogen-bond donors (Lipinski definition) is 0. The lowest BCUT2D eigenvalue weighted by molar-refractivity contribution is -0.147. The van der Waals surface area contributed by atoms with Gasteiger partial charge in [0.15, 0.2) is 6.10 Å². The van der Waals surface area contributed by atoms with Crippen molar-refractivity contribution in [3.63, 3.8) is 0 Å². The first-order valence-corrected chi connectivity index (χ1v) is 14.8. The van der Waals surface area contributed by atoms with Crippen LogP contribution >= 0.6 is 11.6 Å². The smallest absolute Gasteiger partial charge is 0.336 e. The average Bonchev–Trinajstić information content (AvgIpc) is 2.94. The molecule has 0 unspecified atom stereocenters. The Morgan fingerprint density at radius 1 is 1.10 bits per heavy atom. The largest absolute Gasteiger partial charge is 0.481 e. The molecule has 9 heteroatoms. The van der Waals surface area contributed by atoms with Gasteiger partial charge in [0.05, 0.1) is 18.1 Å². The highest BCUT2D eigenvalue weighted by molar-refractivity contribution is 6.33. The zero-order valence-electron chi connectivity index (χ0n) is 23.6. The first kappa shape index (κ1) is 30.6. The lowest BCUT2D eigenvalue weighted by atomic mass is 9.94. The van der Waals surface area contributed by atoms with Crippen LogP contribution in [0.2, 0.25) is 5.02 Å². The molecule has 0 bridgehead atoms. The highest BCUT2D eigenvalue weighted by atomic mass is 35.5. The molecule has 1 fully saturated rings. The van der Waals surface area contributed by atoms with E-state index in [0.29, 0.717) is 48.4 Å². The van der Waals surface area contributed by atoms with E-state index in [1.54, 1.807) is 30.0 Å². The normalized spacial score (nSPS) is 16.0. The third kappa shape index (κ3) is 8.32. The van der Waals surface area contributed by atoms with Crippen LogP contribution in [-0.4, -0.2) is 42.6 Å². The minimum absolute atomic E-state index is 0.0548. The number of fused-ring (bicyclic) bond motifs is 1. The molecule has 2 aromatic carbocycles. The minimum atomic E-state index is -0.789. The van der Waals surface area contributed by atoms with Gasteiger partial charge in [0.25, 0.3) is 5.91 Å². The molecule has 0 saturated carbocycles. The van der Waals surface area contributed by atoms with Crippen molar-refractivity contribution < 1.29 is 27.9 Å². The van der Waals surface area contributed by atoms with E-state index in [1.165, 1.54) is 37.1 Å². The monoisotopic (exact) mass is 585 g/mol. The molecule has 1 aliphatic heterocycles. The van der Waals surface area contributed by atoms with Crippen molar-refractivity contribution in [1.82, 2.24) is 4.90 Å². The summed E-state index contributed by atoms with van der Waals surface area (Å²) in [5.74, 6) is -0.442. The standard InChI is InChI=1S/C32H37ClFNO6/c1-3-4-5-6-7-15-39-30(36)16-22-9-8-14-35(20-22)32(38)21(2)40-24-11-13-26-27(19-31(37)41-29(26)18-24)25-12-10-23(34)17-28(25)33/h10-13,17-19,21-22H,3-9,14-16,20H2,1-2H3/t21-,22-/m1/s1. The Bertz CT molecular complexity index is 1420. The van der Waals surface area contributed by atoms with Crippen molar-refractivity contribution in [2.24, 2.45) is 5.92 Å². The quantitative estimate of drug-likeness (QED) is 0.127. The molecule has 4 rings (SSSR count). The molecule has 0 spiro atoms. The van der Waals surface area contributed by atoms with Crippen molar-refractivity contribution in [2.75, 3.05) is 19.7 Å². The van der Waals surface area contributed by atoms with Gasteiger partial charge in [-0.05, 0) is 62.4 Å². The Balaban J connectivity index is 1.36. The molecule has 2 heterocycles. The zero-order valence-corrected chi connectivity index (χ0v) is 24.4. The molecule has 0 radical (unpaired) electrons. The van der Waals surface area contributed by atoms with E-state index in [0.717, 1.165) is 32.1 Å². The minimum Gasteiger partial charge on any atom is -0.481 e. The van der Waals surface area contributed by atoms with Gasteiger partial charge in [-0.1, -0.05) is 44.2 Å². The van der Waals surface area contributed by atoms with Crippen molar-refractivity contribution in [1.29, 1.82) is 0 Å². The number of ether oxygens (including phenoxy) is 2. The summed E-state index contributed by atoms with van der Waals surface area (Å²) in [5, 5.41) is 0.767. The first-order chi connectivity index (χ1) is 19.7. The Morgan fingerprint density at radius 3 is 2.68 bits per heavy atom. The summed E-state index contributed by atoms with van der Waals surface area (Å²) < 4.78 is 30.3. The number of carbonyl (C=O) groups excluding carboxylic acids is 2. The lowest BCUT2D eigenvalue weighted by Gasteiger charge is -2.34. The fourth-order valence-electron chi connectivity index (χ4n) is 5.28. The maximum absolute atomic E-state index is 13.6. The summed E-state index contributed by atoms with van der Waals surface area (Å²) in [6.45, 7) is 5.37. The SMILES string of the molecule is CCCCCCCOC(=O)C[C@H]1CCCN(C(=O)[C@@H](C)Oc2ccc3c(-c4ccc(F)cc4Cl)cc(=O)oc3c2)C1. The van der Waals surface area contributed by atoms with Gasteiger partial charge >= 0.3 is 11.6 Å². The molecule has 41 heavy (non-hydrogen) atoms. The molecule has 3 aromatic rings. The predicted molar refractivity (Wildman–Crippen MR) is 157 cm³/mol. The Kier molecular flexibility index (Phi) is 10.8. The molecule has 2 atom stereocenters. The van der Waals surface area contributed by atoms with Gasteiger partial charge in [0.2, 0.25) is 0 Å². The third-order valence-corrected chi connectivity index (χ3v) is 7.71. The van der Waals surface area contributed by atoms with Gasteiger partial charge in [-0.3, -0.25) is 9.59 Å². The number of unbranched alkanes of at least 4 members (excludes halogenated alkanes) is 4. The maximum Gasteiger partial charge on any atom is 0.336 e. The molecule has 1 saturated heterocycles. The molecular formula is C32H37ClFNO6. The number of rotatable bonds is 12. The van der Waals surface area contributed by atoms with Crippen LogP contribution < -0.4 is 10.4 Å². The van der Waals surface area contributed by atoms with E-state index in [4.69, 9.17) is 25.5 Å². The predicted octanol–water partition coefficient (Wildman–Crippen LogP) is 7.16. The van der Waals surface area contributed by atoms with E-state index < -0.39 is 17.5 Å². The Hall–Kier alpha value is -3.39. The number of halogens is 2. The molecule has 1 aromatic heterocycles. The van der Waals surface area contributed by atoms with Crippen LogP contribution in [-0.2, 0) is 14.3 Å². The molecular weight excluding hydrogens is 549 g/mol. The zero-order chi connectivity index (χ0) is 29.4. The highest BCUT2D eigenvalue weighted by Gasteiger charge is 2.29. The number of esters is 1. The Morgan fingerprint density at radius 2 is 1.90 bits per heavy atom. The lowest BCUT2D eigenvalue weighted by Crippen LogP contribution is -2.46. The van der Waals surface area contributed by atoms with E-state index in [1.807, 2.05) is 0 Å². The van der Waals surface area contributed by atoms with Gasteiger partial charge in [-0.15, -0.1) is 0 Å². The summed E-state index contributed by atoms with van der Waals surface area (Å²) in [6.07, 6.45) is 6.68. The first-order valence-electron chi connectivity index (χ1n) is 14.4. The van der Waals surface area contributed by atoms with E-state index in [2.05, 4.69) is 6.92 Å². The van der Waals surface area contributed by atoms with Crippen LogP contribution in [0.4, 0.5) is 4.39 Å². The second-order valence-electron chi connectivity index (χ2n) is 10.7. The van der Waals surface area contributed by atoms with Crippen molar-refractivity contribution in [3.05, 3.63) is 63.7 Å². The summed E-state index contributed by atoms with van der Waals surface area (Å²) >= 11 is 6.24. The number of carbonyl (C=O) groups is 2. The van der Waals surface area contributed by atoms with Crippen LogP contribution in [0.1, 0.15) is 65.2 Å². The molecule has 0 aliphatic carbocycles. The van der Waals surface area contributed by atoms with E-state index in [9.17, 15) is 18.8 Å². The molecule has 0 N–H and O–H groups in total. The number of piperidine rings is 1. The average molecular weight is 586 g/mol. The maximum atomic E-state index is 13.6. The third-order valence-electron chi connectivity index (χ3n) is 7.39. The summed E-state index contributed by atoms with van der Waals surface area (Å²) in [6, 6.07) is 10.2. The van der Waals surface area contributed by atoms with Crippen molar-refractivity contribution in [3.8, 4) is 16.9 Å². The highest BCUT2D eigenvalue weighted by Crippen LogP contribution is 2.34. The van der Waals surface area contributed by atoms with Crippen molar-refractivity contribution >= 4 is 34.4 Å². The van der Waals surface area contributed by atoms with Gasteiger partial charge in [-0.2, -0.15) is 0 Å². The molecule has 1 amide bonds. The molecule has 1 aliphatic rings. The fraction of sp³-hybridized carbons (Fsp3) is 0.469. The second kappa shape index (κ2) is 14.5. The van der Waals surface area contributed by atoms with E-state index in [-0.39, 0.29) is 28.4 Å². The molecule has 220 valence electrons. The topological polar surface area (TPSA) is 86.0 Å². The summed E-state index contributed by atoms with van der Waals surface area (Å²) in [4.78, 5) is 39.6. The van der Waals surface area contributed by atoms with Crippen LogP contribution in [0.3, 0.4) is 0 Å². The molecule has 7 nitrogen and oxygen atoms in total. The number of benzene rings is 2. The fourth-order valence-corrected chi connectivity index (χ4v) is 5.55.